The van der Waals surface area contributed by atoms with Gasteiger partial charge in [-0.2, -0.15) is 15.3 Å². The second-order valence-corrected chi connectivity index (χ2v) is 42.2. The molecule has 3 saturated carbocycles. The molecule has 10 N–H and O–H groups in total. The van der Waals surface area contributed by atoms with Crippen molar-refractivity contribution >= 4 is 120 Å². The summed E-state index contributed by atoms with van der Waals surface area (Å²) in [6, 6.07) is 25.4. The molecule has 0 saturated heterocycles. The average molecular weight is 1550 g/mol. The average Bonchev–Trinajstić information content (AvgIpc) is 1.71. The molecular formula is C80H105N21O8Si2. The van der Waals surface area contributed by atoms with E-state index < -0.39 is 16.1 Å². The number of fused-ring (bicyclic) bond motifs is 9. The van der Waals surface area contributed by atoms with E-state index in [9.17, 15) is 28.8 Å². The van der Waals surface area contributed by atoms with Crippen LogP contribution < -0.4 is 62.6 Å². The Labute approximate surface area is 650 Å². The third-order valence-electron chi connectivity index (χ3n) is 19.7. The number of para-hydroxylation sites is 3. The van der Waals surface area contributed by atoms with E-state index >= 15 is 0 Å². The molecule has 111 heavy (non-hydrogen) atoms. The zero-order valence-electron chi connectivity index (χ0n) is 63.9. The molecule has 3 aliphatic carbocycles. The third-order valence-corrected chi connectivity index (χ3v) is 23.1. The first-order valence-electron chi connectivity index (χ1n) is 37.0. The van der Waals surface area contributed by atoms with Gasteiger partial charge in [0.15, 0.2) is 0 Å². The number of carbonyl (C=O) groups excluding carboxylic acids is 6. The first-order valence-corrected chi connectivity index (χ1v) is 44.5. The number of carbonyl (C=O) groups is 6. The summed E-state index contributed by atoms with van der Waals surface area (Å²) in [4.78, 5) is 94.0. The Bertz CT molecular complexity index is 4930. The molecular weight excluding hydrogens is 1440 g/mol. The van der Waals surface area contributed by atoms with Crippen molar-refractivity contribution in [3.63, 3.8) is 0 Å². The highest BCUT2D eigenvalue weighted by Gasteiger charge is 2.35. The van der Waals surface area contributed by atoms with E-state index in [0.717, 1.165) is 155 Å². The van der Waals surface area contributed by atoms with Crippen molar-refractivity contribution in [3.8, 4) is 33.8 Å². The van der Waals surface area contributed by atoms with Crippen LogP contribution in [0.5, 0.6) is 0 Å². The number of nitrogens with zero attached hydrogens (tertiary/aromatic N) is 11. The minimum absolute atomic E-state index is 0. The number of anilines is 12. The van der Waals surface area contributed by atoms with Crippen molar-refractivity contribution in [1.29, 1.82) is 0 Å². The van der Waals surface area contributed by atoms with Crippen molar-refractivity contribution in [2.45, 2.75) is 138 Å². The second kappa shape index (κ2) is 34.3. The van der Waals surface area contributed by atoms with Crippen LogP contribution >= 0.6 is 0 Å². The van der Waals surface area contributed by atoms with E-state index in [-0.39, 0.29) is 68.1 Å². The fraction of sp³-hybridized carbons (Fsp3) is 0.400. The van der Waals surface area contributed by atoms with Crippen LogP contribution in [-0.4, -0.2) is 152 Å². The quantitative estimate of drug-likeness (QED) is 0.0188. The van der Waals surface area contributed by atoms with Gasteiger partial charge in [0.25, 0.3) is 17.7 Å². The van der Waals surface area contributed by atoms with Crippen LogP contribution in [0.25, 0.3) is 33.8 Å². The number of nitrogens with one attached hydrogen (secondary N) is 10. The second-order valence-electron chi connectivity index (χ2n) is 30.9. The largest absolute Gasteiger partial charge is 0.368 e. The highest BCUT2D eigenvalue weighted by molar-refractivity contribution is 6.76. The zero-order valence-corrected chi connectivity index (χ0v) is 65.9. The van der Waals surface area contributed by atoms with Gasteiger partial charge in [-0.25, -0.2) is 24.3 Å². The van der Waals surface area contributed by atoms with E-state index in [2.05, 4.69) is 150 Å². The van der Waals surface area contributed by atoms with Crippen LogP contribution in [0.3, 0.4) is 0 Å². The number of rotatable bonds is 25. The van der Waals surface area contributed by atoms with Crippen LogP contribution in [0, 0.1) is 17.8 Å². The summed E-state index contributed by atoms with van der Waals surface area (Å²) in [6.45, 7) is 18.5. The summed E-state index contributed by atoms with van der Waals surface area (Å²) >= 11 is 0. The van der Waals surface area contributed by atoms with Crippen LogP contribution in [0.15, 0.2) is 110 Å². The van der Waals surface area contributed by atoms with E-state index in [1.54, 1.807) is 39.3 Å². The van der Waals surface area contributed by atoms with Gasteiger partial charge < -0.3 is 72.0 Å². The molecule has 15 rings (SSSR count). The first-order chi connectivity index (χ1) is 52.3. The van der Waals surface area contributed by atoms with Gasteiger partial charge in [0.2, 0.25) is 17.7 Å². The highest BCUT2D eigenvalue weighted by atomic mass is 28.3. The van der Waals surface area contributed by atoms with Crippen molar-refractivity contribution in [1.82, 2.24) is 60.7 Å². The van der Waals surface area contributed by atoms with Gasteiger partial charge in [-0.15, -0.1) is 0 Å². The van der Waals surface area contributed by atoms with Crippen molar-refractivity contribution in [2.75, 3.05) is 102 Å². The fourth-order valence-electron chi connectivity index (χ4n) is 13.3. The van der Waals surface area contributed by atoms with Gasteiger partial charge in [-0.05, 0) is 68.8 Å². The predicted molar refractivity (Wildman–Crippen MR) is 444 cm³/mol. The van der Waals surface area contributed by atoms with Gasteiger partial charge in [-0.1, -0.05) is 90.5 Å². The smallest absolute Gasteiger partial charge is 0.254 e. The summed E-state index contributed by atoms with van der Waals surface area (Å²) in [5.41, 5.74) is 17.8. The molecule has 0 radical (unpaired) electrons. The molecule has 9 heterocycles. The minimum atomic E-state index is -1.18. The number of ether oxygens (including phenoxy) is 2. The Hall–Kier alpha value is -11.3. The molecule has 31 heteroatoms. The van der Waals surface area contributed by atoms with Crippen molar-refractivity contribution in [2.24, 2.45) is 17.8 Å². The molecule has 0 unspecified atom stereocenters. The molecule has 0 bridgehead atoms. The molecule has 3 aromatic carbocycles. The lowest BCUT2D eigenvalue weighted by molar-refractivity contribution is -0.118. The fourth-order valence-corrected chi connectivity index (χ4v) is 14.8. The van der Waals surface area contributed by atoms with E-state index in [1.807, 2.05) is 85.4 Å². The molecule has 3 fully saturated rings. The van der Waals surface area contributed by atoms with Crippen LogP contribution in [0.1, 0.15) is 101 Å². The number of H-pyrrole nitrogens is 1. The Balaban J connectivity index is 0.000000165. The Morgan fingerprint density at radius 3 is 1.32 bits per heavy atom. The topological polar surface area (TPSA) is 342 Å². The summed E-state index contributed by atoms with van der Waals surface area (Å²) in [6.07, 6.45) is 15.7. The Morgan fingerprint density at radius 1 is 0.486 bits per heavy atom. The molecule has 29 nitrogen and oxygen atoms in total. The summed E-state index contributed by atoms with van der Waals surface area (Å²) in [5, 5.41) is 43.7. The maximum absolute atomic E-state index is 12.7. The molecule has 6 aromatic heterocycles. The van der Waals surface area contributed by atoms with Crippen molar-refractivity contribution in [3.05, 3.63) is 143 Å². The normalized spacial score (nSPS) is 14.2. The van der Waals surface area contributed by atoms with Gasteiger partial charge in [0, 0.05) is 185 Å². The standard InChI is InChI=1S/2C28H37N7O3Si.C22H23N7O2.2CH4/c1-29-28(37)21-14-30-24(32-27(36)18-9-10-18)13-23(21)31-22-8-6-7-20-25-19(15-34(2)26(20)22)16-35(33-25)17-38-11-12-39(3,4)5;1-29-28(37)21-15-30-24(33-27(36)18-9-10-18)13-23(21)32-22-8-6-7-20-25-19(16-34(2)26(20)22)14-31-35(25)17-38-11-12-39(3,4)5;1-23-22(31)15-10-24-18(27-21(30)12-6-7-12)8-17(15)26-16-5-3-4-14-19-13(9-25-28-19)11-29(2)20(14)16;;/h6-8,13-14,16,18H,9-12,15,17H2,1-5H3,(H,29,37)(H2,30,31,32,36);6-8,13-15,18H,9-12,16-17H2,1-5H3,(H,29,37)(H2,30,32,33,36);3-5,8-10,12H,6-7,11H2,1-2H3,(H,23,31)(H,25,28)(H2,24,26,27,30);2*1H4. The van der Waals surface area contributed by atoms with E-state index in [0.29, 0.717) is 77.8 Å². The number of hydrogen-bond acceptors (Lipinski definition) is 20. The predicted octanol–water partition coefficient (Wildman–Crippen LogP) is 13.5. The summed E-state index contributed by atoms with van der Waals surface area (Å²) in [5.74, 6) is 0.516. The molecule has 3 aliphatic heterocycles. The maximum atomic E-state index is 12.7. The monoisotopic (exact) mass is 1540 g/mol. The lowest BCUT2D eigenvalue weighted by Gasteiger charge is -2.31. The number of pyridine rings is 3. The first kappa shape index (κ1) is 80.7. The molecule has 0 spiro atoms. The third kappa shape index (κ3) is 19.1. The number of amides is 6. The maximum Gasteiger partial charge on any atom is 0.254 e. The zero-order chi connectivity index (χ0) is 77.0. The highest BCUT2D eigenvalue weighted by Crippen LogP contribution is 2.48. The van der Waals surface area contributed by atoms with Gasteiger partial charge >= 0.3 is 0 Å². The molecule has 586 valence electrons. The molecule has 6 amide bonds. The number of aromatic amines is 1. The number of hydrogen-bond donors (Lipinski definition) is 10. The molecule has 9 aromatic rings. The summed E-state index contributed by atoms with van der Waals surface area (Å²) in [7, 11) is 8.53. The minimum Gasteiger partial charge on any atom is -0.368 e. The van der Waals surface area contributed by atoms with Gasteiger partial charge in [0.1, 0.15) is 30.9 Å². The van der Waals surface area contributed by atoms with Gasteiger partial charge in [-0.3, -0.25) is 33.9 Å². The van der Waals surface area contributed by atoms with Crippen LogP contribution in [0.2, 0.25) is 51.4 Å². The van der Waals surface area contributed by atoms with E-state index in [4.69, 9.17) is 14.6 Å². The Kier molecular flexibility index (Phi) is 25.0. The van der Waals surface area contributed by atoms with Crippen LogP contribution in [0.4, 0.5) is 68.6 Å². The SMILES string of the molecule is C.C.CNC(=O)c1cnc(NC(=O)C2CC2)cc1Nc1cccc2c1N(C)Cc1cn(COCC[Si](C)(C)C)nc1-2.CNC(=O)c1cnc(NC(=O)C2CC2)cc1Nc1cccc2c1N(C)Cc1cn[nH]c1-2.CNC(=O)c1cnc(NC(=O)C2CC2)cc1Nc1cccc2c1N(C)Cc1cnn(COCC[Si](C)(C)C)c1-2. The van der Waals surface area contributed by atoms with Crippen molar-refractivity contribution < 1.29 is 38.2 Å². The van der Waals surface area contributed by atoms with Gasteiger partial charge in [0.05, 0.1) is 97.4 Å². The lowest BCUT2D eigenvalue weighted by atomic mass is 9.99. The van der Waals surface area contributed by atoms with E-state index in [1.165, 1.54) is 18.6 Å². The van der Waals surface area contributed by atoms with Crippen LogP contribution in [-0.2, 0) is 57.0 Å². The molecule has 6 aliphatic rings. The lowest BCUT2D eigenvalue weighted by Crippen LogP contribution is -2.24. The summed E-state index contributed by atoms with van der Waals surface area (Å²) < 4.78 is 15.8. The number of benzene rings is 3. The molecule has 0 atom stereocenters. The Morgan fingerprint density at radius 2 is 0.883 bits per heavy atom. The number of aromatic nitrogens is 9.